The van der Waals surface area contributed by atoms with Crippen molar-refractivity contribution in [3.63, 3.8) is 0 Å². The summed E-state index contributed by atoms with van der Waals surface area (Å²) in [5, 5.41) is 10.7. The summed E-state index contributed by atoms with van der Waals surface area (Å²) in [6.45, 7) is 3.56. The van der Waals surface area contributed by atoms with Gasteiger partial charge in [0.1, 0.15) is 11.6 Å². The van der Waals surface area contributed by atoms with Crippen molar-refractivity contribution in [2.45, 2.75) is 17.0 Å². The first kappa shape index (κ1) is 24.7. The monoisotopic (exact) mass is 512 g/mol. The first-order chi connectivity index (χ1) is 17.2. The van der Waals surface area contributed by atoms with E-state index in [1.54, 1.807) is 30.3 Å². The molecule has 2 unspecified atom stereocenters. The van der Waals surface area contributed by atoms with Crippen LogP contribution in [0.25, 0.3) is 22.4 Å². The van der Waals surface area contributed by atoms with Crippen LogP contribution < -0.4 is 5.73 Å². The average molecular weight is 513 g/mol. The minimum Gasteiger partial charge on any atom is -0.390 e. The molecule has 3 heterocycles. The number of hydrogen-bond acceptors (Lipinski definition) is 8. The fourth-order valence-electron chi connectivity index (χ4n) is 4.88. The van der Waals surface area contributed by atoms with Gasteiger partial charge in [-0.3, -0.25) is 9.88 Å². The van der Waals surface area contributed by atoms with Crippen LogP contribution in [0.4, 0.5) is 10.2 Å². The number of hydrogen-bond donors (Lipinski definition) is 2. The SMILES string of the molecule is CN1CCN(C2CN(S(=O)(=O)c3ccccc3-c3ccc(-c4cnc(N)cn4)c(F)c3)CC2O)CC1. The van der Waals surface area contributed by atoms with Crippen molar-refractivity contribution in [2.75, 3.05) is 52.0 Å². The Morgan fingerprint density at radius 3 is 2.44 bits per heavy atom. The number of nitrogens with two attached hydrogens (primary N) is 1. The molecule has 9 nitrogen and oxygen atoms in total. The number of β-amino-alcohol motifs (C(OH)–C–C–N with tert-alkyl or cyclic N) is 1. The topological polar surface area (TPSA) is 116 Å². The first-order valence-electron chi connectivity index (χ1n) is 11.8. The number of aliphatic hydroxyl groups excluding tert-OH is 1. The predicted molar refractivity (Wildman–Crippen MR) is 135 cm³/mol. The Hall–Kier alpha value is -2.96. The number of sulfonamides is 1. The maximum absolute atomic E-state index is 15.1. The number of piperazine rings is 1. The Labute approximate surface area is 210 Å². The van der Waals surface area contributed by atoms with E-state index in [4.69, 9.17) is 5.73 Å². The van der Waals surface area contributed by atoms with E-state index < -0.39 is 21.9 Å². The van der Waals surface area contributed by atoms with Crippen molar-refractivity contribution in [1.82, 2.24) is 24.1 Å². The Balaban J connectivity index is 1.43. The van der Waals surface area contributed by atoms with Gasteiger partial charge < -0.3 is 15.7 Å². The van der Waals surface area contributed by atoms with Gasteiger partial charge in [0.2, 0.25) is 10.0 Å². The van der Waals surface area contributed by atoms with Crippen LogP contribution in [0.2, 0.25) is 0 Å². The van der Waals surface area contributed by atoms with E-state index in [9.17, 15) is 13.5 Å². The number of rotatable bonds is 5. The van der Waals surface area contributed by atoms with Crippen LogP contribution in [0.1, 0.15) is 0 Å². The van der Waals surface area contributed by atoms with Crippen LogP contribution in [0.15, 0.2) is 59.8 Å². The Morgan fingerprint density at radius 1 is 1.00 bits per heavy atom. The number of benzene rings is 2. The second kappa shape index (κ2) is 9.83. The molecule has 3 aromatic rings. The minimum absolute atomic E-state index is 0.0246. The lowest BCUT2D eigenvalue weighted by molar-refractivity contribution is 0.0512. The summed E-state index contributed by atoms with van der Waals surface area (Å²) in [6, 6.07) is 10.8. The van der Waals surface area contributed by atoms with Crippen LogP contribution in [-0.2, 0) is 10.0 Å². The normalized spacial score (nSPS) is 22.2. The van der Waals surface area contributed by atoms with E-state index >= 15 is 4.39 Å². The summed E-state index contributed by atoms with van der Waals surface area (Å²) in [5.74, 6) is -0.317. The fourth-order valence-corrected chi connectivity index (χ4v) is 6.57. The van der Waals surface area contributed by atoms with Crippen molar-refractivity contribution in [3.8, 4) is 22.4 Å². The molecular weight excluding hydrogens is 483 g/mol. The molecule has 2 saturated heterocycles. The highest BCUT2D eigenvalue weighted by atomic mass is 32.2. The maximum atomic E-state index is 15.1. The Morgan fingerprint density at radius 2 is 1.75 bits per heavy atom. The summed E-state index contributed by atoms with van der Waals surface area (Å²) in [5.41, 5.74) is 6.96. The van der Waals surface area contributed by atoms with E-state index in [2.05, 4.69) is 26.8 Å². The number of likely N-dealkylation sites (N-methyl/N-ethyl adjacent to an activating group) is 1. The standard InChI is InChI=1S/C25H29FN6O3S/c1-30-8-10-31(11-9-30)22-15-32(16-23(22)33)36(34,35)24-5-3-2-4-18(24)17-6-7-19(20(26)12-17)21-13-29-25(27)14-28-21/h2-7,12-14,22-23,33H,8-11,15-16H2,1H3,(H2,27,29). The van der Waals surface area contributed by atoms with Gasteiger partial charge in [0.25, 0.3) is 0 Å². The molecule has 0 amide bonds. The largest absolute Gasteiger partial charge is 0.390 e. The zero-order valence-corrected chi connectivity index (χ0v) is 20.8. The second-order valence-electron chi connectivity index (χ2n) is 9.31. The molecule has 0 saturated carbocycles. The third-order valence-corrected chi connectivity index (χ3v) is 8.85. The average Bonchev–Trinajstić information content (AvgIpc) is 3.27. The molecule has 2 aromatic carbocycles. The van der Waals surface area contributed by atoms with E-state index in [0.717, 1.165) is 26.2 Å². The Kier molecular flexibility index (Phi) is 6.75. The number of anilines is 1. The van der Waals surface area contributed by atoms with Gasteiger partial charge in [-0.05, 0) is 30.8 Å². The smallest absolute Gasteiger partial charge is 0.243 e. The van der Waals surface area contributed by atoms with Crippen molar-refractivity contribution >= 4 is 15.8 Å². The van der Waals surface area contributed by atoms with Crippen molar-refractivity contribution in [1.29, 1.82) is 0 Å². The molecule has 2 aliphatic heterocycles. The first-order valence-corrected chi connectivity index (χ1v) is 13.3. The lowest BCUT2D eigenvalue weighted by Crippen LogP contribution is -2.52. The highest BCUT2D eigenvalue weighted by Crippen LogP contribution is 2.34. The number of nitrogen functional groups attached to an aromatic ring is 1. The maximum Gasteiger partial charge on any atom is 0.243 e. The highest BCUT2D eigenvalue weighted by molar-refractivity contribution is 7.89. The van der Waals surface area contributed by atoms with Crippen LogP contribution >= 0.6 is 0 Å². The zero-order valence-electron chi connectivity index (χ0n) is 20.0. The molecule has 0 bridgehead atoms. The molecule has 3 N–H and O–H groups in total. The van der Waals surface area contributed by atoms with Crippen LogP contribution in [0, 0.1) is 5.82 Å². The minimum atomic E-state index is -3.94. The van der Waals surface area contributed by atoms with Gasteiger partial charge in [-0.15, -0.1) is 0 Å². The van der Waals surface area contributed by atoms with Gasteiger partial charge >= 0.3 is 0 Å². The zero-order chi connectivity index (χ0) is 25.4. The number of aliphatic hydroxyl groups is 1. The van der Waals surface area contributed by atoms with Crippen LogP contribution in [-0.4, -0.2) is 96.1 Å². The predicted octanol–water partition coefficient (Wildman–Crippen LogP) is 1.51. The van der Waals surface area contributed by atoms with Gasteiger partial charge in [-0.25, -0.2) is 17.8 Å². The molecule has 36 heavy (non-hydrogen) atoms. The van der Waals surface area contributed by atoms with Gasteiger partial charge in [-0.1, -0.05) is 24.3 Å². The lowest BCUT2D eigenvalue weighted by atomic mass is 10.0. The van der Waals surface area contributed by atoms with Gasteiger partial charge in [0, 0.05) is 50.4 Å². The van der Waals surface area contributed by atoms with Gasteiger partial charge in [-0.2, -0.15) is 4.31 Å². The molecule has 0 aliphatic carbocycles. The van der Waals surface area contributed by atoms with E-state index in [0.29, 0.717) is 16.8 Å². The summed E-state index contributed by atoms with van der Waals surface area (Å²) in [7, 11) is -1.88. The summed E-state index contributed by atoms with van der Waals surface area (Å²) in [6.07, 6.45) is 1.97. The summed E-state index contributed by atoms with van der Waals surface area (Å²) >= 11 is 0. The molecule has 0 spiro atoms. The van der Waals surface area contributed by atoms with Crippen LogP contribution in [0.3, 0.4) is 0 Å². The molecular formula is C25H29FN6O3S. The molecule has 2 fully saturated rings. The third-order valence-electron chi connectivity index (χ3n) is 6.97. The van der Waals surface area contributed by atoms with Gasteiger partial charge in [0.05, 0.1) is 35.1 Å². The molecule has 1 aromatic heterocycles. The number of aromatic nitrogens is 2. The van der Waals surface area contributed by atoms with E-state index in [-0.39, 0.29) is 35.4 Å². The molecule has 2 aliphatic rings. The Bertz CT molecular complexity index is 1350. The third kappa shape index (κ3) is 4.72. The molecule has 190 valence electrons. The van der Waals surface area contributed by atoms with Gasteiger partial charge in [0.15, 0.2) is 0 Å². The van der Waals surface area contributed by atoms with Crippen molar-refractivity contribution in [3.05, 3.63) is 60.7 Å². The second-order valence-corrected chi connectivity index (χ2v) is 11.2. The van der Waals surface area contributed by atoms with Crippen LogP contribution in [0.5, 0.6) is 0 Å². The lowest BCUT2D eigenvalue weighted by Gasteiger charge is -2.37. The molecule has 5 rings (SSSR count). The summed E-state index contributed by atoms with van der Waals surface area (Å²) in [4.78, 5) is 12.5. The summed E-state index contributed by atoms with van der Waals surface area (Å²) < 4.78 is 43.9. The fraction of sp³-hybridized carbons (Fsp3) is 0.360. The highest BCUT2D eigenvalue weighted by Gasteiger charge is 2.42. The number of halogens is 1. The molecule has 2 atom stereocenters. The molecule has 0 radical (unpaired) electrons. The quantitative estimate of drug-likeness (QED) is 0.529. The molecule has 11 heteroatoms. The van der Waals surface area contributed by atoms with E-state index in [1.807, 2.05) is 0 Å². The number of nitrogens with zero attached hydrogens (tertiary/aromatic N) is 5. The van der Waals surface area contributed by atoms with E-state index in [1.165, 1.54) is 28.8 Å². The van der Waals surface area contributed by atoms with Crippen molar-refractivity contribution in [2.24, 2.45) is 0 Å². The van der Waals surface area contributed by atoms with Crippen molar-refractivity contribution < 1.29 is 17.9 Å².